The van der Waals surface area contributed by atoms with Crippen molar-refractivity contribution in [1.29, 1.82) is 0 Å². The Morgan fingerprint density at radius 3 is 2.52 bits per heavy atom. The summed E-state index contributed by atoms with van der Waals surface area (Å²) in [6.07, 6.45) is -0.454. The van der Waals surface area contributed by atoms with Gasteiger partial charge in [0, 0.05) is 36.4 Å². The van der Waals surface area contributed by atoms with Crippen LogP contribution in [0.1, 0.15) is 20.8 Å². The van der Waals surface area contributed by atoms with E-state index >= 15 is 0 Å². The maximum absolute atomic E-state index is 11.9. The van der Waals surface area contributed by atoms with Crippen LogP contribution in [-0.4, -0.2) is 37.6 Å². The van der Waals surface area contributed by atoms with Crippen LogP contribution in [0.15, 0.2) is 42.5 Å². The molecular weight excluding hydrogens is 394 g/mol. The van der Waals surface area contributed by atoms with Crippen LogP contribution < -0.4 is 15.8 Å². The molecule has 0 unspecified atom stereocenters. The van der Waals surface area contributed by atoms with Crippen LogP contribution in [0.4, 0.5) is 16.2 Å². The number of fused-ring (bicyclic) bond motifs is 1. The molecule has 0 fully saturated rings. The molecule has 7 nitrogen and oxygen atoms in total. The normalized spacial score (nSPS) is 11.1. The van der Waals surface area contributed by atoms with Gasteiger partial charge in [-0.3, -0.25) is 5.32 Å². The summed E-state index contributed by atoms with van der Waals surface area (Å²) in [5.74, 6) is 1.07. The van der Waals surface area contributed by atoms with Crippen molar-refractivity contribution in [2.24, 2.45) is 5.92 Å². The predicted molar refractivity (Wildman–Crippen MR) is 125 cm³/mol. The van der Waals surface area contributed by atoms with Crippen molar-refractivity contribution < 1.29 is 19.0 Å². The van der Waals surface area contributed by atoms with Crippen LogP contribution in [0.3, 0.4) is 0 Å². The van der Waals surface area contributed by atoms with Gasteiger partial charge in [0.15, 0.2) is 0 Å². The Hall–Kier alpha value is -3.19. The van der Waals surface area contributed by atoms with Gasteiger partial charge in [0.1, 0.15) is 12.4 Å². The van der Waals surface area contributed by atoms with Gasteiger partial charge in [-0.05, 0) is 37.1 Å². The predicted octanol–water partition coefficient (Wildman–Crippen LogP) is 5.14. The fraction of sp³-hybridized carbons (Fsp3) is 0.375. The summed E-state index contributed by atoms with van der Waals surface area (Å²) in [5, 5.41) is 3.73. The first kappa shape index (κ1) is 22.5. The van der Waals surface area contributed by atoms with Gasteiger partial charge in [0.2, 0.25) is 0 Å². The maximum atomic E-state index is 11.9. The molecule has 3 N–H and O–H groups in total. The van der Waals surface area contributed by atoms with Crippen molar-refractivity contribution in [2.45, 2.75) is 27.3 Å². The number of nitrogens with zero attached hydrogens (tertiary/aromatic N) is 1. The van der Waals surface area contributed by atoms with Crippen molar-refractivity contribution in [3.8, 4) is 17.0 Å². The molecule has 0 bridgehead atoms. The zero-order valence-corrected chi connectivity index (χ0v) is 18.6. The van der Waals surface area contributed by atoms with Crippen molar-refractivity contribution in [3.05, 3.63) is 42.5 Å². The molecule has 1 aromatic heterocycles. The number of carbonyl (C=O) groups excluding carboxylic acids is 1. The van der Waals surface area contributed by atoms with E-state index in [1.807, 2.05) is 56.3 Å². The Morgan fingerprint density at radius 1 is 1.13 bits per heavy atom. The van der Waals surface area contributed by atoms with Crippen LogP contribution in [0, 0.1) is 5.92 Å². The molecule has 7 heteroatoms. The highest BCUT2D eigenvalue weighted by molar-refractivity contribution is 6.01. The molecule has 0 aliphatic rings. The topological polar surface area (TPSA) is 87.7 Å². The Bertz CT molecular complexity index is 1030. The monoisotopic (exact) mass is 425 g/mol. The number of aryl methyl sites for hydroxylation is 1. The highest BCUT2D eigenvalue weighted by atomic mass is 16.5. The summed E-state index contributed by atoms with van der Waals surface area (Å²) < 4.78 is 18.2. The number of ether oxygens (including phenoxy) is 3. The number of anilines is 2. The number of hydrogen-bond acceptors (Lipinski definition) is 5. The Kier molecular flexibility index (Phi) is 7.41. The molecule has 0 aliphatic heterocycles. The highest BCUT2D eigenvalue weighted by Gasteiger charge is 2.17. The quantitative estimate of drug-likeness (QED) is 0.464. The highest BCUT2D eigenvalue weighted by Crippen LogP contribution is 2.38. The molecular formula is C24H31N3O4. The van der Waals surface area contributed by atoms with E-state index in [0.29, 0.717) is 25.5 Å². The first-order valence-electron chi connectivity index (χ1n) is 10.5. The number of nitrogens with two attached hydrogens (primary N) is 1. The van der Waals surface area contributed by atoms with E-state index in [2.05, 4.69) is 16.8 Å². The number of nitrogen functional groups attached to an aromatic ring is 1. The molecule has 166 valence electrons. The van der Waals surface area contributed by atoms with Gasteiger partial charge in [-0.1, -0.05) is 26.0 Å². The summed E-state index contributed by atoms with van der Waals surface area (Å²) in [5.41, 5.74) is 10.9. The molecule has 0 radical (unpaired) electrons. The van der Waals surface area contributed by atoms with Gasteiger partial charge in [0.05, 0.1) is 30.1 Å². The summed E-state index contributed by atoms with van der Waals surface area (Å²) >= 11 is 0. The van der Waals surface area contributed by atoms with E-state index in [4.69, 9.17) is 19.9 Å². The van der Waals surface area contributed by atoms with E-state index in [1.54, 1.807) is 7.11 Å². The fourth-order valence-electron chi connectivity index (χ4n) is 3.44. The molecule has 31 heavy (non-hydrogen) atoms. The van der Waals surface area contributed by atoms with E-state index in [-0.39, 0.29) is 5.92 Å². The number of aromatic nitrogens is 1. The Morgan fingerprint density at radius 2 is 1.87 bits per heavy atom. The zero-order chi connectivity index (χ0) is 22.4. The van der Waals surface area contributed by atoms with Crippen LogP contribution in [0.5, 0.6) is 5.75 Å². The van der Waals surface area contributed by atoms with Crippen LogP contribution in [-0.2, 0) is 16.0 Å². The van der Waals surface area contributed by atoms with E-state index in [9.17, 15) is 4.79 Å². The van der Waals surface area contributed by atoms with Crippen molar-refractivity contribution in [1.82, 2.24) is 4.57 Å². The number of benzene rings is 2. The lowest BCUT2D eigenvalue weighted by atomic mass is 10.1. The second kappa shape index (κ2) is 10.2. The first-order chi connectivity index (χ1) is 14.9. The number of carbonyl (C=O) groups is 1. The van der Waals surface area contributed by atoms with Gasteiger partial charge in [-0.25, -0.2) is 4.79 Å². The minimum absolute atomic E-state index is 0.290. The Labute approximate surface area is 183 Å². The zero-order valence-electron chi connectivity index (χ0n) is 18.6. The van der Waals surface area contributed by atoms with Gasteiger partial charge in [0.25, 0.3) is 0 Å². The van der Waals surface area contributed by atoms with E-state index in [0.717, 1.165) is 40.1 Å². The second-order valence-electron chi connectivity index (χ2n) is 7.72. The van der Waals surface area contributed by atoms with Gasteiger partial charge < -0.3 is 24.5 Å². The molecule has 0 aliphatic carbocycles. The summed E-state index contributed by atoms with van der Waals surface area (Å²) in [4.78, 5) is 11.9. The minimum Gasteiger partial charge on any atom is -0.491 e. The average Bonchev–Trinajstić information content (AvgIpc) is 3.04. The molecule has 0 atom stereocenters. The van der Waals surface area contributed by atoms with Gasteiger partial charge in [-0.2, -0.15) is 0 Å². The van der Waals surface area contributed by atoms with Gasteiger partial charge >= 0.3 is 6.09 Å². The number of hydrogen-bond donors (Lipinski definition) is 2. The molecule has 3 rings (SSSR count). The lowest BCUT2D eigenvalue weighted by Gasteiger charge is -2.11. The number of methoxy groups -OCH3 is 1. The third kappa shape index (κ3) is 5.30. The number of amides is 1. The van der Waals surface area contributed by atoms with Crippen LogP contribution in [0.2, 0.25) is 0 Å². The number of rotatable bonds is 9. The van der Waals surface area contributed by atoms with Crippen LogP contribution >= 0.6 is 0 Å². The lowest BCUT2D eigenvalue weighted by Crippen LogP contribution is -2.16. The molecule has 1 amide bonds. The standard InChI is InChI=1S/C24H31N3O4/c1-5-27-21-14-19(30-13-12-29-4)10-11-20(21)22(25)23(27)17-6-8-18(9-7-17)26-24(28)31-15-16(2)3/h6-11,14,16H,5,12-13,15,25H2,1-4H3,(H,26,28). The molecule has 3 aromatic rings. The summed E-state index contributed by atoms with van der Waals surface area (Å²) in [6.45, 7) is 8.24. The van der Waals surface area contributed by atoms with Gasteiger partial charge in [-0.15, -0.1) is 0 Å². The third-order valence-electron chi connectivity index (χ3n) is 4.90. The summed E-state index contributed by atoms with van der Waals surface area (Å²) in [6, 6.07) is 13.5. The van der Waals surface area contributed by atoms with E-state index in [1.165, 1.54) is 0 Å². The second-order valence-corrected chi connectivity index (χ2v) is 7.72. The molecule has 0 saturated carbocycles. The van der Waals surface area contributed by atoms with Crippen molar-refractivity contribution in [2.75, 3.05) is 38.0 Å². The summed E-state index contributed by atoms with van der Waals surface area (Å²) in [7, 11) is 1.65. The fourth-order valence-corrected chi connectivity index (χ4v) is 3.44. The molecule has 0 saturated heterocycles. The lowest BCUT2D eigenvalue weighted by molar-refractivity contribution is 0.146. The first-order valence-corrected chi connectivity index (χ1v) is 10.5. The van der Waals surface area contributed by atoms with Crippen molar-refractivity contribution >= 4 is 28.4 Å². The maximum Gasteiger partial charge on any atom is 0.411 e. The number of nitrogens with one attached hydrogen (secondary N) is 1. The molecule has 2 aromatic carbocycles. The van der Waals surface area contributed by atoms with E-state index < -0.39 is 6.09 Å². The minimum atomic E-state index is -0.454. The smallest absolute Gasteiger partial charge is 0.411 e. The Balaban J connectivity index is 1.86. The average molecular weight is 426 g/mol. The van der Waals surface area contributed by atoms with Crippen molar-refractivity contribution in [3.63, 3.8) is 0 Å². The third-order valence-corrected chi connectivity index (χ3v) is 4.90. The SMILES string of the molecule is CCn1c(-c2ccc(NC(=O)OCC(C)C)cc2)c(N)c2ccc(OCCOC)cc21. The van der Waals surface area contributed by atoms with Crippen LogP contribution in [0.25, 0.3) is 22.2 Å². The molecule has 1 heterocycles. The molecule has 0 spiro atoms. The largest absolute Gasteiger partial charge is 0.491 e.